The molecule has 17 heavy (non-hydrogen) atoms. The van der Waals surface area contributed by atoms with Crippen LogP contribution in [0.4, 0.5) is 0 Å². The first-order valence-electron chi connectivity index (χ1n) is 5.85. The van der Waals surface area contributed by atoms with Gasteiger partial charge in [0.25, 0.3) is 0 Å². The summed E-state index contributed by atoms with van der Waals surface area (Å²) < 4.78 is 12.2. The first-order valence-corrected chi connectivity index (χ1v) is 6.64. The van der Waals surface area contributed by atoms with Crippen LogP contribution in [0.25, 0.3) is 0 Å². The molecule has 0 saturated carbocycles. The Morgan fingerprint density at radius 3 is 2.59 bits per heavy atom. The lowest BCUT2D eigenvalue weighted by Gasteiger charge is -2.18. The fourth-order valence-corrected chi connectivity index (χ4v) is 1.96. The average Bonchev–Trinajstić information content (AvgIpc) is 2.33. The molecule has 4 heteroatoms. The minimum Gasteiger partial charge on any atom is -0.490 e. The van der Waals surface area contributed by atoms with Gasteiger partial charge in [0.2, 0.25) is 0 Å². The van der Waals surface area contributed by atoms with Crippen molar-refractivity contribution in [3.8, 4) is 11.5 Å². The summed E-state index contributed by atoms with van der Waals surface area (Å²) in [6, 6.07) is 3.66. The predicted molar refractivity (Wildman–Crippen MR) is 71.6 cm³/mol. The molecule has 0 aromatic heterocycles. The minimum atomic E-state index is -0.0116. The van der Waals surface area contributed by atoms with Crippen molar-refractivity contribution in [3.63, 3.8) is 0 Å². The smallest absolute Gasteiger partial charge is 0.175 e. The van der Waals surface area contributed by atoms with E-state index in [0.717, 1.165) is 16.5 Å². The highest BCUT2D eigenvalue weighted by atomic mass is 79.9. The Balaban J connectivity index is 3.07. The molecular weight excluding hydrogens is 284 g/mol. The number of benzene rings is 1. The number of ether oxygens (including phenoxy) is 2. The fourth-order valence-electron chi connectivity index (χ4n) is 1.37. The number of hydrogen-bond donors (Lipinski definition) is 1. The van der Waals surface area contributed by atoms with Crippen LogP contribution in [0.1, 0.15) is 32.8 Å². The monoisotopic (exact) mass is 302 g/mol. The maximum absolute atomic E-state index is 9.16. The Morgan fingerprint density at radius 1 is 1.35 bits per heavy atom. The van der Waals surface area contributed by atoms with Gasteiger partial charge in [-0.25, -0.2) is 0 Å². The van der Waals surface area contributed by atoms with E-state index in [1.54, 1.807) is 0 Å². The molecule has 1 aromatic carbocycles. The summed E-state index contributed by atoms with van der Waals surface area (Å²) in [7, 11) is 0. The van der Waals surface area contributed by atoms with Crippen molar-refractivity contribution in [1.29, 1.82) is 0 Å². The summed E-state index contributed by atoms with van der Waals surface area (Å²) in [6.45, 7) is 6.57. The molecule has 0 unspecified atom stereocenters. The second-order valence-corrected chi connectivity index (χ2v) is 4.69. The molecule has 0 aliphatic heterocycles. The SMILES string of the molecule is CCOc1cc(CO)cc(Br)c1O[C@@H](C)CC. The Morgan fingerprint density at radius 2 is 2.06 bits per heavy atom. The average molecular weight is 303 g/mol. The summed E-state index contributed by atoms with van der Waals surface area (Å²) in [5.74, 6) is 1.38. The van der Waals surface area contributed by atoms with Crippen molar-refractivity contribution in [3.05, 3.63) is 22.2 Å². The van der Waals surface area contributed by atoms with E-state index in [9.17, 15) is 0 Å². The first kappa shape index (κ1) is 14.3. The van der Waals surface area contributed by atoms with Gasteiger partial charge in [0.15, 0.2) is 11.5 Å². The van der Waals surface area contributed by atoms with Crippen molar-refractivity contribution in [1.82, 2.24) is 0 Å². The van der Waals surface area contributed by atoms with E-state index < -0.39 is 0 Å². The topological polar surface area (TPSA) is 38.7 Å². The van der Waals surface area contributed by atoms with E-state index >= 15 is 0 Å². The van der Waals surface area contributed by atoms with Crippen LogP contribution in [0.3, 0.4) is 0 Å². The van der Waals surface area contributed by atoms with Gasteiger partial charge < -0.3 is 14.6 Å². The third-order valence-electron chi connectivity index (χ3n) is 2.45. The molecule has 0 fully saturated rings. The lowest BCUT2D eigenvalue weighted by molar-refractivity contribution is 0.201. The first-order chi connectivity index (χ1) is 8.12. The second kappa shape index (κ2) is 6.87. The molecule has 1 atom stereocenters. The van der Waals surface area contributed by atoms with Crippen molar-refractivity contribution in [2.24, 2.45) is 0 Å². The minimum absolute atomic E-state index is 0.0116. The molecular formula is C13H19BrO3. The van der Waals surface area contributed by atoms with Crippen molar-refractivity contribution < 1.29 is 14.6 Å². The van der Waals surface area contributed by atoms with Gasteiger partial charge in [-0.05, 0) is 53.9 Å². The Labute approximate surface area is 111 Å². The Bertz CT molecular complexity index is 366. The van der Waals surface area contributed by atoms with Crippen LogP contribution < -0.4 is 9.47 Å². The zero-order valence-corrected chi connectivity index (χ0v) is 12.1. The Hall–Kier alpha value is -0.740. The lowest BCUT2D eigenvalue weighted by atomic mass is 10.2. The van der Waals surface area contributed by atoms with Gasteiger partial charge >= 0.3 is 0 Å². The number of halogens is 1. The van der Waals surface area contributed by atoms with Gasteiger partial charge in [-0.3, -0.25) is 0 Å². The van der Waals surface area contributed by atoms with Crippen molar-refractivity contribution in [2.75, 3.05) is 6.61 Å². The third kappa shape index (κ3) is 3.89. The van der Waals surface area contributed by atoms with E-state index in [-0.39, 0.29) is 12.7 Å². The van der Waals surface area contributed by atoms with Crippen LogP contribution in [-0.2, 0) is 6.61 Å². The van der Waals surface area contributed by atoms with Gasteiger partial charge in [-0.15, -0.1) is 0 Å². The molecule has 3 nitrogen and oxygen atoms in total. The summed E-state index contributed by atoms with van der Waals surface area (Å²) in [4.78, 5) is 0. The highest BCUT2D eigenvalue weighted by Gasteiger charge is 2.14. The highest BCUT2D eigenvalue weighted by molar-refractivity contribution is 9.10. The molecule has 0 bridgehead atoms. The van der Waals surface area contributed by atoms with Gasteiger partial charge in [-0.1, -0.05) is 6.92 Å². The summed E-state index contributed by atoms with van der Waals surface area (Å²) >= 11 is 3.45. The molecule has 0 aliphatic rings. The van der Waals surface area contributed by atoms with E-state index in [2.05, 4.69) is 22.9 Å². The van der Waals surface area contributed by atoms with Gasteiger partial charge in [-0.2, -0.15) is 0 Å². The van der Waals surface area contributed by atoms with Crippen LogP contribution in [0.15, 0.2) is 16.6 Å². The molecule has 0 amide bonds. The summed E-state index contributed by atoms with van der Waals surface area (Å²) in [6.07, 6.45) is 1.06. The van der Waals surface area contributed by atoms with Crippen LogP contribution >= 0.6 is 15.9 Å². The van der Waals surface area contributed by atoms with Crippen LogP contribution in [0.5, 0.6) is 11.5 Å². The van der Waals surface area contributed by atoms with Crippen LogP contribution in [-0.4, -0.2) is 17.8 Å². The standard InChI is InChI=1S/C13H19BrO3/c1-4-9(3)17-13-11(14)6-10(8-15)7-12(13)16-5-2/h6-7,9,15H,4-5,8H2,1-3H3/t9-/m0/s1. The largest absolute Gasteiger partial charge is 0.490 e. The Kier molecular flexibility index (Phi) is 5.78. The molecule has 0 heterocycles. The van der Waals surface area contributed by atoms with E-state index in [0.29, 0.717) is 18.1 Å². The number of hydrogen-bond acceptors (Lipinski definition) is 3. The maximum atomic E-state index is 9.16. The van der Waals surface area contributed by atoms with Gasteiger partial charge in [0.05, 0.1) is 23.8 Å². The third-order valence-corrected chi connectivity index (χ3v) is 3.03. The highest BCUT2D eigenvalue weighted by Crippen LogP contribution is 2.37. The van der Waals surface area contributed by atoms with Gasteiger partial charge in [0.1, 0.15) is 0 Å². The normalized spacial score (nSPS) is 12.3. The summed E-state index contributed by atoms with van der Waals surface area (Å²) in [5.41, 5.74) is 0.803. The fraction of sp³-hybridized carbons (Fsp3) is 0.538. The van der Waals surface area contributed by atoms with E-state index in [1.807, 2.05) is 26.0 Å². The lowest BCUT2D eigenvalue weighted by Crippen LogP contribution is -2.11. The molecule has 1 aromatic rings. The van der Waals surface area contributed by atoms with Crippen molar-refractivity contribution in [2.45, 2.75) is 39.9 Å². The molecule has 96 valence electrons. The molecule has 0 saturated heterocycles. The number of aliphatic hydroxyl groups is 1. The molecule has 1 N–H and O–H groups in total. The quantitative estimate of drug-likeness (QED) is 0.874. The van der Waals surface area contributed by atoms with E-state index in [4.69, 9.17) is 14.6 Å². The van der Waals surface area contributed by atoms with E-state index in [1.165, 1.54) is 0 Å². The zero-order valence-electron chi connectivity index (χ0n) is 10.5. The summed E-state index contributed by atoms with van der Waals surface area (Å²) in [5, 5.41) is 9.16. The van der Waals surface area contributed by atoms with Crippen LogP contribution in [0.2, 0.25) is 0 Å². The van der Waals surface area contributed by atoms with Crippen LogP contribution in [0, 0.1) is 0 Å². The zero-order chi connectivity index (χ0) is 12.8. The molecule has 0 radical (unpaired) electrons. The molecule has 0 aliphatic carbocycles. The van der Waals surface area contributed by atoms with Gasteiger partial charge in [0, 0.05) is 0 Å². The maximum Gasteiger partial charge on any atom is 0.175 e. The molecule has 1 rings (SSSR count). The number of aliphatic hydroxyl groups excluding tert-OH is 1. The number of rotatable bonds is 6. The second-order valence-electron chi connectivity index (χ2n) is 3.83. The predicted octanol–water partition coefficient (Wildman–Crippen LogP) is 3.52. The van der Waals surface area contributed by atoms with Crippen molar-refractivity contribution >= 4 is 15.9 Å². The molecule has 0 spiro atoms.